The quantitative estimate of drug-likeness (QED) is 0.688. The maximum atomic E-state index is 9.01. The summed E-state index contributed by atoms with van der Waals surface area (Å²) in [5.74, 6) is 0.673. The second-order valence-electron chi connectivity index (χ2n) is 4.10. The molecule has 2 heterocycles. The van der Waals surface area contributed by atoms with Crippen LogP contribution in [-0.2, 0) is 6.54 Å². The van der Waals surface area contributed by atoms with Crippen molar-refractivity contribution in [1.29, 1.82) is 0 Å². The molecule has 1 saturated heterocycles. The van der Waals surface area contributed by atoms with Gasteiger partial charge in [0.2, 0.25) is 6.39 Å². The maximum absolute atomic E-state index is 9.01. The average molecular weight is 226 g/mol. The van der Waals surface area contributed by atoms with Crippen LogP contribution in [0.5, 0.6) is 0 Å². The van der Waals surface area contributed by atoms with Gasteiger partial charge in [0.25, 0.3) is 0 Å². The van der Waals surface area contributed by atoms with Crippen LogP contribution in [0.25, 0.3) is 0 Å². The summed E-state index contributed by atoms with van der Waals surface area (Å²) in [7, 11) is 0. The molecule has 0 saturated carbocycles. The molecule has 1 aromatic heterocycles. The Bertz CT molecular complexity index is 285. The first-order chi connectivity index (χ1) is 7.88. The summed E-state index contributed by atoms with van der Waals surface area (Å²) in [5, 5.41) is 16.2. The zero-order chi connectivity index (χ0) is 11.2. The van der Waals surface area contributed by atoms with E-state index < -0.39 is 0 Å². The molecule has 2 rings (SSSR count). The van der Waals surface area contributed by atoms with E-state index in [0.717, 1.165) is 13.1 Å². The van der Waals surface area contributed by atoms with Gasteiger partial charge in [-0.1, -0.05) is 5.16 Å². The smallest absolute Gasteiger partial charge is 0.213 e. The van der Waals surface area contributed by atoms with Gasteiger partial charge in [0.05, 0.1) is 13.2 Å². The van der Waals surface area contributed by atoms with Crippen LogP contribution >= 0.6 is 0 Å². The minimum atomic E-state index is 0.157. The summed E-state index contributed by atoms with van der Waals surface area (Å²) in [4.78, 5) is 6.14. The van der Waals surface area contributed by atoms with Crippen molar-refractivity contribution < 1.29 is 9.63 Å². The molecular formula is C10H18N4O2. The molecule has 0 amide bonds. The Morgan fingerprint density at radius 2 is 2.56 bits per heavy atom. The number of nitrogens with one attached hydrogen (secondary N) is 1. The molecule has 1 unspecified atom stereocenters. The fourth-order valence-corrected chi connectivity index (χ4v) is 2.06. The lowest BCUT2D eigenvalue weighted by molar-refractivity contribution is 0.174. The molecule has 1 aliphatic heterocycles. The number of aliphatic hydroxyl groups is 1. The molecule has 0 aliphatic carbocycles. The van der Waals surface area contributed by atoms with Crippen LogP contribution < -0.4 is 5.32 Å². The molecule has 6 nitrogen and oxygen atoms in total. The summed E-state index contributed by atoms with van der Waals surface area (Å²) in [6, 6.07) is 0.526. The van der Waals surface area contributed by atoms with Crippen LogP contribution in [0.3, 0.4) is 0 Å². The van der Waals surface area contributed by atoms with Gasteiger partial charge in [-0.2, -0.15) is 4.98 Å². The third-order valence-electron chi connectivity index (χ3n) is 2.83. The van der Waals surface area contributed by atoms with E-state index in [9.17, 15) is 0 Å². The zero-order valence-corrected chi connectivity index (χ0v) is 9.30. The molecule has 0 bridgehead atoms. The molecule has 1 atom stereocenters. The maximum Gasteiger partial charge on any atom is 0.213 e. The summed E-state index contributed by atoms with van der Waals surface area (Å²) in [6.07, 6.45) is 3.77. The van der Waals surface area contributed by atoms with E-state index in [1.54, 1.807) is 0 Å². The van der Waals surface area contributed by atoms with Crippen LogP contribution in [0, 0.1) is 0 Å². The van der Waals surface area contributed by atoms with Crippen molar-refractivity contribution in [3.63, 3.8) is 0 Å². The number of rotatable bonds is 6. The van der Waals surface area contributed by atoms with Crippen LogP contribution in [-0.4, -0.2) is 52.4 Å². The van der Waals surface area contributed by atoms with Crippen molar-refractivity contribution in [2.45, 2.75) is 25.4 Å². The van der Waals surface area contributed by atoms with Crippen molar-refractivity contribution in [2.75, 3.05) is 26.2 Å². The molecule has 1 aromatic rings. The summed E-state index contributed by atoms with van der Waals surface area (Å²) < 4.78 is 4.70. The molecule has 16 heavy (non-hydrogen) atoms. The highest BCUT2D eigenvalue weighted by Crippen LogP contribution is 2.08. The number of hydrogen-bond acceptors (Lipinski definition) is 6. The largest absolute Gasteiger partial charge is 0.395 e. The number of nitrogens with zero attached hydrogens (tertiary/aromatic N) is 3. The molecule has 1 fully saturated rings. The molecule has 6 heteroatoms. The van der Waals surface area contributed by atoms with Gasteiger partial charge in [-0.05, 0) is 19.4 Å². The van der Waals surface area contributed by atoms with Gasteiger partial charge in [-0.25, -0.2) is 0 Å². The van der Waals surface area contributed by atoms with Gasteiger partial charge in [0.15, 0.2) is 5.82 Å². The van der Waals surface area contributed by atoms with Crippen molar-refractivity contribution >= 4 is 0 Å². The van der Waals surface area contributed by atoms with Crippen LogP contribution in [0.2, 0.25) is 0 Å². The van der Waals surface area contributed by atoms with E-state index >= 15 is 0 Å². The van der Waals surface area contributed by atoms with Gasteiger partial charge in [0, 0.05) is 19.1 Å². The van der Waals surface area contributed by atoms with Gasteiger partial charge < -0.3 is 14.9 Å². The van der Waals surface area contributed by atoms with Crippen molar-refractivity contribution in [3.8, 4) is 0 Å². The topological polar surface area (TPSA) is 74.4 Å². The number of aliphatic hydroxyl groups excluding tert-OH is 1. The van der Waals surface area contributed by atoms with E-state index in [1.165, 1.54) is 19.2 Å². The van der Waals surface area contributed by atoms with E-state index in [2.05, 4.69) is 20.4 Å². The first kappa shape index (κ1) is 11.5. The van der Waals surface area contributed by atoms with E-state index in [-0.39, 0.29) is 6.61 Å². The molecule has 1 aliphatic rings. The number of aromatic nitrogens is 2. The second-order valence-corrected chi connectivity index (χ2v) is 4.10. The molecule has 90 valence electrons. The van der Waals surface area contributed by atoms with Crippen LogP contribution in [0.4, 0.5) is 0 Å². The normalized spacial score (nSPS) is 20.8. The molecule has 0 spiro atoms. The van der Waals surface area contributed by atoms with Gasteiger partial charge in [0.1, 0.15) is 0 Å². The first-order valence-electron chi connectivity index (χ1n) is 5.70. The lowest BCUT2D eigenvalue weighted by Crippen LogP contribution is -2.38. The lowest BCUT2D eigenvalue weighted by Gasteiger charge is -2.23. The fraction of sp³-hybridized carbons (Fsp3) is 0.800. The summed E-state index contributed by atoms with van der Waals surface area (Å²) in [6.45, 7) is 3.46. The van der Waals surface area contributed by atoms with Crippen molar-refractivity contribution in [3.05, 3.63) is 12.2 Å². The SMILES string of the molecule is OCCN(Cc1ncon1)CC1CCCN1. The minimum absolute atomic E-state index is 0.157. The zero-order valence-electron chi connectivity index (χ0n) is 9.30. The lowest BCUT2D eigenvalue weighted by atomic mass is 10.2. The third kappa shape index (κ3) is 3.26. The van der Waals surface area contributed by atoms with Crippen molar-refractivity contribution in [1.82, 2.24) is 20.4 Å². The Balaban J connectivity index is 1.83. The first-order valence-corrected chi connectivity index (χ1v) is 5.70. The molecule has 0 radical (unpaired) electrons. The predicted octanol–water partition coefficient (Wildman–Crippen LogP) is -0.384. The highest BCUT2D eigenvalue weighted by Gasteiger charge is 2.18. The molecule has 2 N–H and O–H groups in total. The highest BCUT2D eigenvalue weighted by atomic mass is 16.5. The van der Waals surface area contributed by atoms with Crippen LogP contribution in [0.1, 0.15) is 18.7 Å². The molecular weight excluding hydrogens is 208 g/mol. The summed E-state index contributed by atoms with van der Waals surface area (Å²) >= 11 is 0. The average Bonchev–Trinajstić information content (AvgIpc) is 2.91. The third-order valence-corrected chi connectivity index (χ3v) is 2.83. The second kappa shape index (κ2) is 5.93. The number of hydrogen-bond donors (Lipinski definition) is 2. The van der Waals surface area contributed by atoms with E-state index in [4.69, 9.17) is 9.63 Å². The fourth-order valence-electron chi connectivity index (χ4n) is 2.06. The minimum Gasteiger partial charge on any atom is -0.395 e. The molecule has 0 aromatic carbocycles. The Labute approximate surface area is 94.6 Å². The Morgan fingerprint density at radius 1 is 1.62 bits per heavy atom. The van der Waals surface area contributed by atoms with Crippen molar-refractivity contribution in [2.24, 2.45) is 0 Å². The summed E-state index contributed by atoms with van der Waals surface area (Å²) in [5.41, 5.74) is 0. The van der Waals surface area contributed by atoms with E-state index in [0.29, 0.717) is 25.0 Å². The Morgan fingerprint density at radius 3 is 3.19 bits per heavy atom. The van der Waals surface area contributed by atoms with Gasteiger partial charge in [-0.3, -0.25) is 4.90 Å². The predicted molar refractivity (Wildman–Crippen MR) is 57.7 cm³/mol. The van der Waals surface area contributed by atoms with Gasteiger partial charge in [-0.15, -0.1) is 0 Å². The Kier molecular flexibility index (Phi) is 4.26. The van der Waals surface area contributed by atoms with E-state index in [1.807, 2.05) is 0 Å². The van der Waals surface area contributed by atoms with Crippen LogP contribution in [0.15, 0.2) is 10.9 Å². The Hall–Kier alpha value is -0.980. The monoisotopic (exact) mass is 226 g/mol. The highest BCUT2D eigenvalue weighted by molar-refractivity contribution is 4.82. The standard InChI is InChI=1S/C10H18N4O2/c15-5-4-14(6-9-2-1-3-11-9)7-10-12-8-16-13-10/h8-9,11,15H,1-7H2. The van der Waals surface area contributed by atoms with Gasteiger partial charge >= 0.3 is 0 Å².